The van der Waals surface area contributed by atoms with E-state index in [2.05, 4.69) is 4.99 Å². The molecule has 6 nitrogen and oxygen atoms in total. The summed E-state index contributed by atoms with van der Waals surface area (Å²) in [6, 6.07) is 11.6. The Balaban J connectivity index is 2.02. The summed E-state index contributed by atoms with van der Waals surface area (Å²) in [5.41, 5.74) is 1.25. The molecule has 150 valence electrons. The highest BCUT2D eigenvalue weighted by atomic mass is 35.5. The molecule has 2 aromatic rings. The quantitative estimate of drug-likeness (QED) is 0.629. The molecule has 0 aliphatic carbocycles. The number of aliphatic imine (C=N–C) groups is 1. The van der Waals surface area contributed by atoms with Gasteiger partial charge in [-0.05, 0) is 55.0 Å². The number of benzene rings is 2. The van der Waals surface area contributed by atoms with Crippen LogP contribution in [-0.2, 0) is 9.53 Å². The molecular weight excluding hydrogens is 414 g/mol. The maximum Gasteiger partial charge on any atom is 0.344 e. The minimum Gasteiger partial charge on any atom is -0.506 e. The Morgan fingerprint density at radius 1 is 1.21 bits per heavy atom. The van der Waals surface area contributed by atoms with Gasteiger partial charge in [-0.1, -0.05) is 29.4 Å². The highest BCUT2D eigenvalue weighted by Gasteiger charge is 2.33. The van der Waals surface area contributed by atoms with Crippen LogP contribution in [0.5, 0.6) is 11.5 Å². The number of hydrogen-bond acceptors (Lipinski definition) is 7. The lowest BCUT2D eigenvalue weighted by Gasteiger charge is -2.06. The van der Waals surface area contributed by atoms with Crippen LogP contribution in [0.25, 0.3) is 6.08 Å². The van der Waals surface area contributed by atoms with Gasteiger partial charge in [0.05, 0.1) is 24.3 Å². The minimum atomic E-state index is -0.688. The third kappa shape index (κ3) is 4.75. The Kier molecular flexibility index (Phi) is 6.51. The van der Waals surface area contributed by atoms with Gasteiger partial charge >= 0.3 is 5.97 Å². The molecule has 0 saturated carbocycles. The van der Waals surface area contributed by atoms with Gasteiger partial charge in [0.2, 0.25) is 0 Å². The average Bonchev–Trinajstić information content (AvgIpc) is 3.00. The largest absolute Gasteiger partial charge is 0.506 e. The van der Waals surface area contributed by atoms with Crippen LogP contribution in [0.1, 0.15) is 12.5 Å². The van der Waals surface area contributed by atoms with E-state index >= 15 is 0 Å². The van der Waals surface area contributed by atoms with Gasteiger partial charge in [-0.25, -0.2) is 9.79 Å². The Hall–Kier alpha value is -2.90. The summed E-state index contributed by atoms with van der Waals surface area (Å²) in [6.07, 6.45) is 1.68. The van der Waals surface area contributed by atoms with Crippen LogP contribution >= 0.6 is 23.4 Å². The molecular formula is C21H18ClNO5S. The zero-order valence-corrected chi connectivity index (χ0v) is 17.3. The molecule has 0 saturated heterocycles. The number of thioether (sulfide) groups is 1. The number of aromatic hydroxyl groups is 1. The summed E-state index contributed by atoms with van der Waals surface area (Å²) in [7, 11) is 1.24. The molecule has 3 rings (SSSR count). The number of phenols is 1. The normalized spacial score (nSPS) is 16.5. The molecule has 29 heavy (non-hydrogen) atoms. The van der Waals surface area contributed by atoms with Crippen molar-refractivity contribution in [3.63, 3.8) is 0 Å². The lowest BCUT2D eigenvalue weighted by Crippen LogP contribution is -2.10. The molecule has 0 spiro atoms. The van der Waals surface area contributed by atoms with Gasteiger partial charge in [0, 0.05) is 5.02 Å². The van der Waals surface area contributed by atoms with E-state index in [9.17, 15) is 15.0 Å². The van der Waals surface area contributed by atoms with E-state index in [1.54, 1.807) is 42.5 Å². The molecule has 1 heterocycles. The third-order valence-electron chi connectivity index (χ3n) is 3.92. The number of methoxy groups -OCH3 is 1. The minimum absolute atomic E-state index is 0.0116. The second-order valence-electron chi connectivity index (χ2n) is 5.88. The highest BCUT2D eigenvalue weighted by Crippen LogP contribution is 2.41. The van der Waals surface area contributed by atoms with Gasteiger partial charge in [0.15, 0.2) is 11.5 Å². The van der Waals surface area contributed by atoms with Crippen molar-refractivity contribution in [3.8, 4) is 11.5 Å². The fourth-order valence-corrected chi connectivity index (χ4v) is 3.73. The molecule has 0 amide bonds. The highest BCUT2D eigenvalue weighted by molar-refractivity contribution is 8.18. The fraction of sp³-hybridized carbons (Fsp3) is 0.143. The van der Waals surface area contributed by atoms with Crippen molar-refractivity contribution in [2.24, 2.45) is 4.99 Å². The molecule has 0 fully saturated rings. The number of phenolic OH excluding ortho intramolecular Hbond substituents is 1. The zero-order chi connectivity index (χ0) is 21.0. The van der Waals surface area contributed by atoms with E-state index in [0.717, 1.165) is 11.8 Å². The second kappa shape index (κ2) is 9.07. The predicted molar refractivity (Wildman–Crippen MR) is 115 cm³/mol. The molecule has 0 unspecified atom stereocenters. The number of carbonyl (C=O) groups excluding carboxylic acids is 1. The number of carbonyl (C=O) groups is 1. The monoisotopic (exact) mass is 431 g/mol. The summed E-state index contributed by atoms with van der Waals surface area (Å²) in [5.74, 6) is -0.558. The van der Waals surface area contributed by atoms with Gasteiger partial charge < -0.3 is 19.7 Å². The second-order valence-corrected chi connectivity index (χ2v) is 7.35. The number of nitrogens with zero attached hydrogens (tertiary/aromatic N) is 1. The molecule has 2 aromatic carbocycles. The van der Waals surface area contributed by atoms with Crippen molar-refractivity contribution in [1.29, 1.82) is 0 Å². The number of ether oxygens (including phenoxy) is 2. The molecule has 0 bridgehead atoms. The van der Waals surface area contributed by atoms with Crippen LogP contribution in [-0.4, -0.2) is 34.9 Å². The number of aliphatic hydroxyl groups excluding tert-OH is 1. The van der Waals surface area contributed by atoms with Crippen LogP contribution < -0.4 is 4.74 Å². The third-order valence-corrected chi connectivity index (χ3v) is 5.19. The van der Waals surface area contributed by atoms with Crippen LogP contribution in [0.15, 0.2) is 63.7 Å². The summed E-state index contributed by atoms with van der Waals surface area (Å²) >= 11 is 7.04. The summed E-state index contributed by atoms with van der Waals surface area (Å²) in [4.78, 5) is 17.1. The molecule has 0 aromatic heterocycles. The number of esters is 1. The molecule has 0 atom stereocenters. The van der Waals surface area contributed by atoms with E-state index in [-0.39, 0.29) is 17.1 Å². The Labute approximate surface area is 177 Å². The van der Waals surface area contributed by atoms with Crippen LogP contribution in [0.3, 0.4) is 0 Å². The predicted octanol–water partition coefficient (Wildman–Crippen LogP) is 5.25. The molecule has 0 radical (unpaired) electrons. The summed E-state index contributed by atoms with van der Waals surface area (Å²) < 4.78 is 10.2. The maximum atomic E-state index is 12.2. The Morgan fingerprint density at radius 2 is 1.93 bits per heavy atom. The standard InChI is InChI=1S/C21H18ClNO5S/c1-3-28-16-10-12(4-9-15(16)24)11-17-19(25)18(21(26)27-2)20(29-17)23-14-7-5-13(22)6-8-14/h4-11,24-25H,3H2,1-2H3. The number of aliphatic hydroxyl groups is 1. The van der Waals surface area contributed by atoms with E-state index in [4.69, 9.17) is 21.1 Å². The Bertz CT molecular complexity index is 1030. The fourth-order valence-electron chi connectivity index (χ4n) is 2.57. The van der Waals surface area contributed by atoms with E-state index in [1.165, 1.54) is 13.2 Å². The first-order valence-electron chi connectivity index (χ1n) is 8.64. The van der Waals surface area contributed by atoms with E-state index < -0.39 is 5.97 Å². The first-order chi connectivity index (χ1) is 13.9. The maximum absolute atomic E-state index is 12.2. The van der Waals surface area contributed by atoms with Crippen molar-refractivity contribution in [2.75, 3.05) is 13.7 Å². The van der Waals surface area contributed by atoms with Crippen molar-refractivity contribution in [1.82, 2.24) is 0 Å². The lowest BCUT2D eigenvalue weighted by atomic mass is 10.1. The lowest BCUT2D eigenvalue weighted by molar-refractivity contribution is -0.135. The molecule has 1 aliphatic heterocycles. The molecule has 1 aliphatic rings. The van der Waals surface area contributed by atoms with Crippen molar-refractivity contribution >= 4 is 46.1 Å². The molecule has 8 heteroatoms. The average molecular weight is 432 g/mol. The number of rotatable bonds is 5. The number of hydrogen-bond donors (Lipinski definition) is 2. The SMILES string of the molecule is CCOc1cc(C=C2SC(=Nc3ccc(Cl)cc3)C(C(=O)OC)=C2O)ccc1O. The topological polar surface area (TPSA) is 88.4 Å². The van der Waals surface area contributed by atoms with Crippen LogP contribution in [0.2, 0.25) is 5.02 Å². The Morgan fingerprint density at radius 3 is 2.59 bits per heavy atom. The van der Waals surface area contributed by atoms with Crippen molar-refractivity contribution in [3.05, 3.63) is 69.3 Å². The van der Waals surface area contributed by atoms with Crippen molar-refractivity contribution < 1.29 is 24.5 Å². The van der Waals surface area contributed by atoms with E-state index in [1.807, 2.05) is 6.92 Å². The summed E-state index contributed by atoms with van der Waals surface area (Å²) in [5, 5.41) is 21.4. The van der Waals surface area contributed by atoms with Crippen molar-refractivity contribution in [2.45, 2.75) is 6.92 Å². The first-order valence-corrected chi connectivity index (χ1v) is 9.84. The van der Waals surface area contributed by atoms with Gasteiger partial charge in [0.25, 0.3) is 0 Å². The van der Waals surface area contributed by atoms with Gasteiger partial charge in [-0.3, -0.25) is 0 Å². The van der Waals surface area contributed by atoms with Crippen LogP contribution in [0.4, 0.5) is 5.69 Å². The van der Waals surface area contributed by atoms with Gasteiger partial charge in [-0.2, -0.15) is 0 Å². The van der Waals surface area contributed by atoms with E-state index in [0.29, 0.717) is 38.6 Å². The summed E-state index contributed by atoms with van der Waals surface area (Å²) in [6.45, 7) is 2.21. The van der Waals surface area contributed by atoms with Crippen LogP contribution in [0, 0.1) is 0 Å². The van der Waals surface area contributed by atoms with Gasteiger partial charge in [0.1, 0.15) is 16.4 Å². The number of halogens is 1. The molecule has 2 N–H and O–H groups in total. The van der Waals surface area contributed by atoms with Gasteiger partial charge in [-0.15, -0.1) is 0 Å². The first kappa shape index (κ1) is 20.8. The zero-order valence-electron chi connectivity index (χ0n) is 15.7. The smallest absolute Gasteiger partial charge is 0.344 e.